The predicted molar refractivity (Wildman–Crippen MR) is 112 cm³/mol. The largest absolute Gasteiger partial charge is 0.497 e. The smallest absolute Gasteiger partial charge is 0.315 e. The average molecular weight is 436 g/mol. The molecule has 0 unspecified atom stereocenters. The summed E-state index contributed by atoms with van der Waals surface area (Å²) in [5.41, 5.74) is 1.18. The average Bonchev–Trinajstić information content (AvgIpc) is 2.67. The van der Waals surface area contributed by atoms with Crippen LogP contribution in [0.2, 0.25) is 0 Å². The van der Waals surface area contributed by atoms with Crippen LogP contribution in [-0.2, 0) is 21.2 Å². The highest BCUT2D eigenvalue weighted by Crippen LogP contribution is 2.59. The van der Waals surface area contributed by atoms with Gasteiger partial charge in [0, 0.05) is 31.6 Å². The molecule has 2 N–H and O–H groups in total. The van der Waals surface area contributed by atoms with Gasteiger partial charge < -0.3 is 20.3 Å². The number of nitrogens with one attached hydrogen (secondary N) is 2. The van der Waals surface area contributed by atoms with Crippen molar-refractivity contribution in [3.63, 3.8) is 0 Å². The van der Waals surface area contributed by atoms with Crippen molar-refractivity contribution in [1.29, 1.82) is 0 Å². The summed E-state index contributed by atoms with van der Waals surface area (Å²) in [5.74, 6) is 1.05. The van der Waals surface area contributed by atoms with E-state index in [1.807, 2.05) is 24.3 Å². The predicted octanol–water partition coefficient (Wildman–Crippen LogP) is 1.31. The lowest BCUT2D eigenvalue weighted by Crippen LogP contribution is -2.60. The van der Waals surface area contributed by atoms with Crippen LogP contribution in [0, 0.1) is 11.3 Å². The maximum atomic E-state index is 12.6. The van der Waals surface area contributed by atoms with Gasteiger partial charge in [-0.1, -0.05) is 12.1 Å². The number of hydrogen-bond donors (Lipinski definition) is 2. The monoisotopic (exact) mass is 435 g/mol. The van der Waals surface area contributed by atoms with Crippen LogP contribution in [0.4, 0.5) is 4.79 Å². The number of hydrogen-bond acceptors (Lipinski definition) is 5. The van der Waals surface area contributed by atoms with Crippen molar-refractivity contribution in [2.24, 2.45) is 11.3 Å². The van der Waals surface area contributed by atoms with Crippen molar-refractivity contribution in [2.75, 3.05) is 31.7 Å². The fourth-order valence-corrected chi connectivity index (χ4v) is 6.14. The Hall–Kier alpha value is -2.29. The number of carbonyl (C=O) groups is 2. The van der Waals surface area contributed by atoms with E-state index >= 15 is 0 Å². The highest BCUT2D eigenvalue weighted by Gasteiger charge is 2.55. The molecule has 0 radical (unpaired) electrons. The van der Waals surface area contributed by atoms with Crippen LogP contribution in [0.25, 0.3) is 0 Å². The molecular formula is C21H29N3O5S. The molecule has 1 aliphatic heterocycles. The van der Waals surface area contributed by atoms with Gasteiger partial charge in [0.1, 0.15) is 5.75 Å². The highest BCUT2D eigenvalue weighted by molar-refractivity contribution is 7.91. The molecule has 2 aliphatic carbocycles. The molecule has 30 heavy (non-hydrogen) atoms. The molecule has 9 heteroatoms. The van der Waals surface area contributed by atoms with Crippen LogP contribution >= 0.6 is 0 Å². The fourth-order valence-electron chi connectivity index (χ4n) is 4.93. The fraction of sp³-hybridized carbons (Fsp3) is 0.619. The number of benzene rings is 1. The van der Waals surface area contributed by atoms with Crippen LogP contribution in [0.5, 0.6) is 5.75 Å². The third-order valence-electron chi connectivity index (χ3n) is 6.67. The van der Waals surface area contributed by atoms with E-state index in [1.165, 1.54) is 0 Å². The third kappa shape index (κ3) is 4.55. The minimum Gasteiger partial charge on any atom is -0.497 e. The minimum atomic E-state index is -2.97. The Balaban J connectivity index is 1.14. The lowest BCUT2D eigenvalue weighted by Gasteiger charge is -2.57. The van der Waals surface area contributed by atoms with Gasteiger partial charge in [0.15, 0.2) is 9.84 Å². The van der Waals surface area contributed by atoms with E-state index in [9.17, 15) is 18.0 Å². The number of rotatable bonds is 5. The molecule has 4 rings (SSSR count). The maximum Gasteiger partial charge on any atom is 0.315 e. The first-order chi connectivity index (χ1) is 14.3. The Morgan fingerprint density at radius 2 is 1.73 bits per heavy atom. The summed E-state index contributed by atoms with van der Waals surface area (Å²) < 4.78 is 28.2. The van der Waals surface area contributed by atoms with E-state index in [1.54, 1.807) is 12.0 Å². The van der Waals surface area contributed by atoms with Crippen LogP contribution in [0.3, 0.4) is 0 Å². The van der Waals surface area contributed by atoms with E-state index in [2.05, 4.69) is 10.6 Å². The molecule has 0 atom stereocenters. The van der Waals surface area contributed by atoms with Crippen molar-refractivity contribution >= 4 is 21.8 Å². The number of ether oxygens (including phenoxy) is 1. The molecular weight excluding hydrogens is 406 g/mol. The van der Waals surface area contributed by atoms with Gasteiger partial charge in [-0.25, -0.2) is 13.2 Å². The molecule has 1 aromatic rings. The normalized spacial score (nSPS) is 29.4. The summed E-state index contributed by atoms with van der Waals surface area (Å²) in [4.78, 5) is 26.4. The summed E-state index contributed by atoms with van der Waals surface area (Å²) >= 11 is 0. The van der Waals surface area contributed by atoms with Crippen molar-refractivity contribution in [3.8, 4) is 5.75 Å². The molecule has 3 amide bonds. The van der Waals surface area contributed by atoms with Gasteiger partial charge in [-0.2, -0.15) is 0 Å². The first kappa shape index (κ1) is 21.0. The Morgan fingerprint density at radius 3 is 2.33 bits per heavy atom. The summed E-state index contributed by atoms with van der Waals surface area (Å²) in [6.45, 7) is 1.10. The summed E-state index contributed by atoms with van der Waals surface area (Å²) in [5, 5.41) is 5.89. The van der Waals surface area contributed by atoms with Gasteiger partial charge in [0.25, 0.3) is 0 Å². The van der Waals surface area contributed by atoms with Crippen molar-refractivity contribution in [3.05, 3.63) is 29.8 Å². The Kier molecular flexibility index (Phi) is 5.65. The Bertz CT molecular complexity index is 887. The number of urea groups is 1. The Labute approximate surface area is 177 Å². The van der Waals surface area contributed by atoms with E-state index in [0.29, 0.717) is 19.6 Å². The second-order valence-corrected chi connectivity index (χ2v) is 11.2. The second kappa shape index (κ2) is 8.09. The number of amides is 3. The molecule has 1 aromatic carbocycles. The molecule has 3 aliphatic rings. The van der Waals surface area contributed by atoms with Crippen LogP contribution in [0.15, 0.2) is 24.3 Å². The molecule has 2 saturated carbocycles. The van der Waals surface area contributed by atoms with Crippen LogP contribution in [0.1, 0.15) is 31.2 Å². The van der Waals surface area contributed by atoms with E-state index < -0.39 is 9.84 Å². The summed E-state index contributed by atoms with van der Waals surface area (Å²) in [6.07, 6.45) is 3.50. The summed E-state index contributed by atoms with van der Waals surface area (Å²) in [6, 6.07) is 7.54. The lowest BCUT2D eigenvalue weighted by molar-refractivity contribution is -0.148. The number of carbonyl (C=O) groups excluding carboxylic acids is 2. The first-order valence-electron chi connectivity index (χ1n) is 10.4. The van der Waals surface area contributed by atoms with Crippen molar-refractivity contribution < 1.29 is 22.7 Å². The molecule has 3 fully saturated rings. The zero-order chi connectivity index (χ0) is 21.4. The third-order valence-corrected chi connectivity index (χ3v) is 8.28. The van der Waals surface area contributed by atoms with Crippen LogP contribution in [-0.4, -0.2) is 63.0 Å². The molecule has 1 spiro atoms. The van der Waals surface area contributed by atoms with Crippen molar-refractivity contribution in [2.45, 2.75) is 38.3 Å². The van der Waals surface area contributed by atoms with E-state index in [0.717, 1.165) is 37.0 Å². The maximum absolute atomic E-state index is 12.6. The molecule has 0 aromatic heterocycles. The molecule has 0 bridgehead atoms. The van der Waals surface area contributed by atoms with E-state index in [4.69, 9.17) is 4.74 Å². The van der Waals surface area contributed by atoms with Gasteiger partial charge in [-0.15, -0.1) is 0 Å². The minimum absolute atomic E-state index is 0.00986. The second-order valence-electron chi connectivity index (χ2n) is 8.86. The van der Waals surface area contributed by atoms with Gasteiger partial charge in [0.2, 0.25) is 5.91 Å². The molecule has 164 valence electrons. The topological polar surface area (TPSA) is 105 Å². The summed E-state index contributed by atoms with van der Waals surface area (Å²) in [7, 11) is -1.35. The lowest BCUT2D eigenvalue weighted by atomic mass is 9.50. The van der Waals surface area contributed by atoms with Gasteiger partial charge in [-0.05, 0) is 48.8 Å². The van der Waals surface area contributed by atoms with Crippen molar-refractivity contribution in [1.82, 2.24) is 15.5 Å². The molecule has 8 nitrogen and oxygen atoms in total. The molecule has 1 heterocycles. The molecule has 1 saturated heterocycles. The van der Waals surface area contributed by atoms with Crippen LogP contribution < -0.4 is 15.4 Å². The SMILES string of the molecule is COc1ccc(CNC(=O)NC2CC3(C2)CC(C(=O)N2CCS(=O)(=O)CC2)C3)cc1. The number of methoxy groups -OCH3 is 1. The standard InChI is InChI=1S/C21H29N3O5S/c1-29-18-4-2-15(3-5-18)14-22-20(26)23-17-12-21(13-17)10-16(11-21)19(25)24-6-8-30(27,28)9-7-24/h2-5,16-17H,6-14H2,1H3,(H2,22,23,26). The quantitative estimate of drug-likeness (QED) is 0.726. The highest BCUT2D eigenvalue weighted by atomic mass is 32.2. The van der Waals surface area contributed by atoms with E-state index in [-0.39, 0.29) is 40.8 Å². The Morgan fingerprint density at radius 1 is 1.10 bits per heavy atom. The number of nitrogens with zero attached hydrogens (tertiary/aromatic N) is 1. The van der Waals surface area contributed by atoms with Gasteiger partial charge >= 0.3 is 6.03 Å². The first-order valence-corrected chi connectivity index (χ1v) is 12.3. The zero-order valence-corrected chi connectivity index (χ0v) is 18.0. The van der Waals surface area contributed by atoms with Gasteiger partial charge in [-0.3, -0.25) is 4.79 Å². The number of sulfone groups is 1. The zero-order valence-electron chi connectivity index (χ0n) is 17.2. The van der Waals surface area contributed by atoms with Gasteiger partial charge in [0.05, 0.1) is 18.6 Å².